The number of carboxylic acid groups (broad SMARTS) is 1. The molecule has 4 heteroatoms. The predicted molar refractivity (Wildman–Crippen MR) is 69.6 cm³/mol. The van der Waals surface area contributed by atoms with Gasteiger partial charge in [-0.3, -0.25) is 9.69 Å². The fourth-order valence-corrected chi connectivity index (χ4v) is 3.41. The molecule has 0 aromatic carbocycles. The zero-order chi connectivity index (χ0) is 13.2. The Morgan fingerprint density at radius 3 is 2.83 bits per heavy atom. The van der Waals surface area contributed by atoms with Crippen LogP contribution in [-0.4, -0.2) is 48.3 Å². The van der Waals surface area contributed by atoms with Crippen LogP contribution < -0.4 is 0 Å². The summed E-state index contributed by atoms with van der Waals surface area (Å²) in [6.45, 7) is 7.25. The van der Waals surface area contributed by atoms with Crippen molar-refractivity contribution in [3.8, 4) is 0 Å². The quantitative estimate of drug-likeness (QED) is 0.834. The smallest absolute Gasteiger partial charge is 0.313 e. The first-order valence-electron chi connectivity index (χ1n) is 7.10. The highest BCUT2D eigenvalue weighted by atomic mass is 16.5. The molecular formula is C14H25NO3. The van der Waals surface area contributed by atoms with Crippen LogP contribution in [0.4, 0.5) is 0 Å². The molecule has 4 nitrogen and oxygen atoms in total. The molecule has 0 radical (unpaired) electrons. The van der Waals surface area contributed by atoms with Gasteiger partial charge in [-0.25, -0.2) is 0 Å². The molecule has 2 saturated heterocycles. The van der Waals surface area contributed by atoms with Gasteiger partial charge >= 0.3 is 5.97 Å². The Morgan fingerprint density at radius 1 is 1.50 bits per heavy atom. The lowest BCUT2D eigenvalue weighted by atomic mass is 9.81. The molecule has 1 N–H and O–H groups in total. The van der Waals surface area contributed by atoms with Gasteiger partial charge in [-0.1, -0.05) is 13.8 Å². The number of aliphatic carboxylic acids is 1. The fourth-order valence-electron chi connectivity index (χ4n) is 3.41. The first kappa shape index (κ1) is 13.8. The maximum atomic E-state index is 11.6. The maximum absolute atomic E-state index is 11.6. The van der Waals surface area contributed by atoms with E-state index in [4.69, 9.17) is 4.74 Å². The predicted octanol–water partition coefficient (Wildman–Crippen LogP) is 1.99. The first-order valence-corrected chi connectivity index (χ1v) is 7.10. The molecule has 0 aromatic rings. The van der Waals surface area contributed by atoms with E-state index in [1.165, 1.54) is 12.8 Å². The van der Waals surface area contributed by atoms with Crippen molar-refractivity contribution in [2.24, 2.45) is 11.3 Å². The number of carbonyl (C=O) groups is 1. The third-order valence-electron chi connectivity index (χ3n) is 4.47. The number of ether oxygens (including phenoxy) is 1. The zero-order valence-corrected chi connectivity index (χ0v) is 11.5. The van der Waals surface area contributed by atoms with Crippen LogP contribution in [0.25, 0.3) is 0 Å². The molecule has 0 bridgehead atoms. The molecule has 0 saturated carbocycles. The second kappa shape index (κ2) is 5.57. The van der Waals surface area contributed by atoms with Crippen LogP contribution in [0, 0.1) is 11.3 Å². The lowest BCUT2D eigenvalue weighted by molar-refractivity contribution is -0.159. The molecule has 104 valence electrons. The van der Waals surface area contributed by atoms with E-state index < -0.39 is 11.4 Å². The van der Waals surface area contributed by atoms with Crippen LogP contribution in [0.1, 0.15) is 39.5 Å². The molecule has 2 atom stereocenters. The topological polar surface area (TPSA) is 49.8 Å². The second-order valence-electron chi connectivity index (χ2n) is 6.17. The van der Waals surface area contributed by atoms with E-state index in [0.717, 1.165) is 19.4 Å². The largest absolute Gasteiger partial charge is 0.481 e. The van der Waals surface area contributed by atoms with Gasteiger partial charge < -0.3 is 9.84 Å². The van der Waals surface area contributed by atoms with Crippen molar-refractivity contribution < 1.29 is 14.6 Å². The summed E-state index contributed by atoms with van der Waals surface area (Å²) >= 11 is 0. The monoisotopic (exact) mass is 255 g/mol. The molecule has 18 heavy (non-hydrogen) atoms. The lowest BCUT2D eigenvalue weighted by Gasteiger charge is -2.39. The Kier molecular flexibility index (Phi) is 4.28. The Hall–Kier alpha value is -0.610. The van der Waals surface area contributed by atoms with E-state index in [9.17, 15) is 9.90 Å². The number of hydrogen-bond acceptors (Lipinski definition) is 3. The molecule has 2 rings (SSSR count). The summed E-state index contributed by atoms with van der Waals surface area (Å²) in [5, 5.41) is 9.57. The number of hydrogen-bond donors (Lipinski definition) is 1. The molecule has 0 amide bonds. The van der Waals surface area contributed by atoms with E-state index in [1.807, 2.05) is 0 Å². The normalized spacial score (nSPS) is 34.1. The highest BCUT2D eigenvalue weighted by Crippen LogP contribution is 2.34. The Bertz CT molecular complexity index is 297. The van der Waals surface area contributed by atoms with E-state index in [-0.39, 0.29) is 0 Å². The molecular weight excluding hydrogens is 230 g/mol. The summed E-state index contributed by atoms with van der Waals surface area (Å²) in [5.41, 5.74) is -0.671. The van der Waals surface area contributed by atoms with Crippen molar-refractivity contribution in [3.63, 3.8) is 0 Å². The van der Waals surface area contributed by atoms with Crippen LogP contribution in [0.15, 0.2) is 0 Å². The zero-order valence-electron chi connectivity index (χ0n) is 11.5. The molecule has 0 aromatic heterocycles. The Morgan fingerprint density at radius 2 is 2.28 bits per heavy atom. The molecule has 2 aliphatic heterocycles. The van der Waals surface area contributed by atoms with Crippen LogP contribution in [-0.2, 0) is 9.53 Å². The second-order valence-corrected chi connectivity index (χ2v) is 6.17. The third kappa shape index (κ3) is 2.69. The van der Waals surface area contributed by atoms with E-state index >= 15 is 0 Å². The summed E-state index contributed by atoms with van der Waals surface area (Å²) < 4.78 is 5.45. The highest BCUT2D eigenvalue weighted by Gasteiger charge is 2.44. The molecule has 2 heterocycles. The van der Waals surface area contributed by atoms with Crippen LogP contribution in [0.5, 0.6) is 0 Å². The minimum absolute atomic E-state index is 0.379. The first-order chi connectivity index (χ1) is 8.55. The SMILES string of the molecule is CC(C)C1CCCN1CC1(C(=O)O)CCCOC1. The van der Waals surface area contributed by atoms with Crippen molar-refractivity contribution in [1.82, 2.24) is 4.90 Å². The van der Waals surface area contributed by atoms with Crippen LogP contribution >= 0.6 is 0 Å². The van der Waals surface area contributed by atoms with Crippen molar-refractivity contribution in [3.05, 3.63) is 0 Å². The minimum atomic E-state index is -0.684. The minimum Gasteiger partial charge on any atom is -0.481 e. The number of nitrogens with zero attached hydrogens (tertiary/aromatic N) is 1. The van der Waals surface area contributed by atoms with Gasteiger partial charge in [0.1, 0.15) is 5.41 Å². The van der Waals surface area contributed by atoms with Crippen molar-refractivity contribution >= 4 is 5.97 Å². The fraction of sp³-hybridized carbons (Fsp3) is 0.929. The number of carboxylic acids is 1. The van der Waals surface area contributed by atoms with Crippen molar-refractivity contribution in [1.29, 1.82) is 0 Å². The van der Waals surface area contributed by atoms with Gasteiger partial charge in [-0.05, 0) is 38.1 Å². The van der Waals surface area contributed by atoms with Crippen molar-refractivity contribution in [2.75, 3.05) is 26.3 Å². The third-order valence-corrected chi connectivity index (χ3v) is 4.47. The maximum Gasteiger partial charge on any atom is 0.313 e. The van der Waals surface area contributed by atoms with Gasteiger partial charge in [0.05, 0.1) is 6.61 Å². The van der Waals surface area contributed by atoms with Gasteiger partial charge in [0.25, 0.3) is 0 Å². The van der Waals surface area contributed by atoms with E-state index in [0.29, 0.717) is 31.7 Å². The Balaban J connectivity index is 2.06. The van der Waals surface area contributed by atoms with Gasteiger partial charge in [-0.15, -0.1) is 0 Å². The molecule has 0 aliphatic carbocycles. The van der Waals surface area contributed by atoms with E-state index in [1.54, 1.807) is 0 Å². The summed E-state index contributed by atoms with van der Waals surface area (Å²) in [5.74, 6) is -0.0838. The van der Waals surface area contributed by atoms with Crippen LogP contribution in [0.3, 0.4) is 0 Å². The van der Waals surface area contributed by atoms with Gasteiger partial charge in [0.2, 0.25) is 0 Å². The van der Waals surface area contributed by atoms with Gasteiger partial charge in [0.15, 0.2) is 0 Å². The van der Waals surface area contributed by atoms with Crippen molar-refractivity contribution in [2.45, 2.75) is 45.6 Å². The Labute approximate surface area is 109 Å². The summed E-state index contributed by atoms with van der Waals surface area (Å²) in [7, 11) is 0. The summed E-state index contributed by atoms with van der Waals surface area (Å²) in [4.78, 5) is 14.0. The lowest BCUT2D eigenvalue weighted by Crippen LogP contribution is -2.50. The molecule has 0 spiro atoms. The van der Waals surface area contributed by atoms with E-state index in [2.05, 4.69) is 18.7 Å². The molecule has 2 fully saturated rings. The molecule has 2 aliphatic rings. The summed E-state index contributed by atoms with van der Waals surface area (Å²) in [6, 6.07) is 0.545. The average molecular weight is 255 g/mol. The van der Waals surface area contributed by atoms with Crippen LogP contribution in [0.2, 0.25) is 0 Å². The van der Waals surface area contributed by atoms with Gasteiger partial charge in [0, 0.05) is 19.2 Å². The standard InChI is InChI=1S/C14H25NO3/c1-11(2)12-5-3-7-15(12)9-14(13(16)17)6-4-8-18-10-14/h11-12H,3-10H2,1-2H3,(H,16,17). The molecule has 2 unspecified atom stereocenters. The average Bonchev–Trinajstić information content (AvgIpc) is 2.78. The number of rotatable bonds is 4. The number of likely N-dealkylation sites (tertiary alicyclic amines) is 1. The highest BCUT2D eigenvalue weighted by molar-refractivity contribution is 5.75. The van der Waals surface area contributed by atoms with Gasteiger partial charge in [-0.2, -0.15) is 0 Å². The summed E-state index contributed by atoms with van der Waals surface area (Å²) in [6.07, 6.45) is 4.02.